The molecule has 0 saturated heterocycles. The van der Waals surface area contributed by atoms with E-state index in [-0.39, 0.29) is 43.7 Å². The Morgan fingerprint density at radius 1 is 0.934 bits per heavy atom. The van der Waals surface area contributed by atoms with Gasteiger partial charge in [-0.05, 0) is 73.3 Å². The third-order valence-corrected chi connectivity index (χ3v) is 12.7. The molecule has 1 amide bonds. The van der Waals surface area contributed by atoms with Gasteiger partial charge in [0.2, 0.25) is 10.5 Å². The fourth-order valence-electron chi connectivity index (χ4n) is 6.18. The summed E-state index contributed by atoms with van der Waals surface area (Å²) in [4.78, 5) is 18.2. The predicted octanol–water partition coefficient (Wildman–Crippen LogP) is 5.23. The number of nitriles is 1. The number of pyridine rings is 1. The Kier molecular flexibility index (Phi) is 15.8. The number of ether oxygens (including phenoxy) is 3. The van der Waals surface area contributed by atoms with Crippen LogP contribution in [-0.2, 0) is 57.9 Å². The summed E-state index contributed by atoms with van der Waals surface area (Å²) in [5.74, 6) is 0.449. The summed E-state index contributed by atoms with van der Waals surface area (Å²) in [7, 11) is -8.94. The smallest absolute Gasteiger partial charge is 0.286 e. The molecule has 2 heterocycles. The third-order valence-electron chi connectivity index (χ3n) is 9.30. The average Bonchev–Trinajstić information content (AvgIpc) is 3.66. The molecule has 0 saturated carbocycles. The number of aromatic nitrogens is 4. The first kappa shape index (κ1) is 46.4. The Balaban J connectivity index is 1.32. The van der Waals surface area contributed by atoms with Crippen LogP contribution in [0.25, 0.3) is 11.1 Å². The summed E-state index contributed by atoms with van der Waals surface area (Å²) in [6, 6.07) is 18.5. The maximum atomic E-state index is 12.7. The maximum absolute atomic E-state index is 12.7. The van der Waals surface area contributed by atoms with E-state index in [0.717, 1.165) is 27.8 Å². The molecule has 324 valence electrons. The minimum absolute atomic E-state index is 0.00264. The lowest BCUT2D eigenvalue weighted by atomic mass is 9.93. The largest absolute Gasteiger partial charge is 0.488 e. The van der Waals surface area contributed by atoms with Crippen LogP contribution in [0.2, 0.25) is 5.02 Å². The van der Waals surface area contributed by atoms with E-state index < -0.39 is 43.9 Å². The highest BCUT2D eigenvalue weighted by Crippen LogP contribution is 2.37. The molecule has 3 aromatic carbocycles. The fourth-order valence-corrected chi connectivity index (χ4v) is 8.24. The first-order valence-electron chi connectivity index (χ1n) is 18.5. The Morgan fingerprint density at radius 2 is 1.62 bits per heavy atom. The van der Waals surface area contributed by atoms with E-state index in [9.17, 15) is 40.4 Å². The first-order chi connectivity index (χ1) is 29.0. The zero-order valence-corrected chi connectivity index (χ0v) is 35.7. The van der Waals surface area contributed by atoms with Crippen molar-refractivity contribution < 1.29 is 49.3 Å². The summed E-state index contributed by atoms with van der Waals surface area (Å²) >= 11 is 6.76. The lowest BCUT2D eigenvalue weighted by molar-refractivity contribution is -0.121. The number of benzene rings is 3. The van der Waals surface area contributed by atoms with Crippen LogP contribution >= 0.6 is 11.6 Å². The third kappa shape index (κ3) is 12.9. The van der Waals surface area contributed by atoms with Gasteiger partial charge in [0.1, 0.15) is 48.8 Å². The molecule has 0 atom stereocenters. The number of nitrogens with zero attached hydrogens (tertiary/aromatic N) is 6. The van der Waals surface area contributed by atoms with Crippen LogP contribution in [0.1, 0.15) is 45.5 Å². The van der Waals surface area contributed by atoms with Gasteiger partial charge in [-0.15, -0.1) is 5.10 Å². The quantitative estimate of drug-likeness (QED) is 0.0800. The molecule has 61 heavy (non-hydrogen) atoms. The molecule has 5 rings (SSSR count). The van der Waals surface area contributed by atoms with E-state index in [1.165, 1.54) is 11.1 Å². The van der Waals surface area contributed by atoms with E-state index in [0.29, 0.717) is 46.8 Å². The van der Waals surface area contributed by atoms with Gasteiger partial charge in [0, 0.05) is 42.7 Å². The molecule has 0 aliphatic heterocycles. The molecule has 0 unspecified atom stereocenters. The van der Waals surface area contributed by atoms with Crippen molar-refractivity contribution in [2.45, 2.75) is 57.8 Å². The number of aryl methyl sites for hydroxylation is 1. The number of rotatable bonds is 21. The molecule has 0 spiro atoms. The van der Waals surface area contributed by atoms with E-state index in [4.69, 9.17) is 25.8 Å². The maximum Gasteiger partial charge on any atom is 0.286 e. The highest BCUT2D eigenvalue weighted by molar-refractivity contribution is 8.04. The molecule has 3 N–H and O–H groups in total. The molecular formula is C40H43ClFN7O10S2. The van der Waals surface area contributed by atoms with Gasteiger partial charge in [0.15, 0.2) is 0 Å². The Labute approximate surface area is 357 Å². The van der Waals surface area contributed by atoms with Crippen LogP contribution in [0.4, 0.5) is 4.39 Å². The fraction of sp³-hybridized carbons (Fsp3) is 0.325. The van der Waals surface area contributed by atoms with Gasteiger partial charge in [-0.2, -0.15) is 22.1 Å². The predicted molar refractivity (Wildman–Crippen MR) is 222 cm³/mol. The number of amides is 1. The number of carbonyl (C=O) groups excluding carboxylic acids is 1. The second-order valence-corrected chi connectivity index (χ2v) is 17.8. The molecular weight excluding hydrogens is 857 g/mol. The van der Waals surface area contributed by atoms with Crippen LogP contribution in [0, 0.1) is 25.2 Å². The lowest BCUT2D eigenvalue weighted by Crippen LogP contribution is -2.44. The minimum atomic E-state index is -5.25. The lowest BCUT2D eigenvalue weighted by Gasteiger charge is -2.21. The second kappa shape index (κ2) is 20.7. The zero-order valence-electron chi connectivity index (χ0n) is 33.3. The standard InChI is InChI=1S/C40H43ClFN7O10S2/c1-26-30(7-4-8-33(26)34-9-5-10-36(27(34)2)59-25-32-21-49(47-46-32)12-6-11-42)24-58-38-15-37(57-23-29-13-28(16-43)17-44-18-29)31(14-35(38)41)20-48(3)22-39(50)45-19-40(60(51,52)53)61(54,55)56/h4-5,7-10,13-15,17-18,21,40H,6,11-12,19-20,22-25H2,1-3H3,(H,45,50)(H,51,52,53)(H,54,55,56). The van der Waals surface area contributed by atoms with Gasteiger partial charge in [-0.1, -0.05) is 47.1 Å². The average molecular weight is 900 g/mol. The molecule has 0 radical (unpaired) electrons. The van der Waals surface area contributed by atoms with Crippen molar-refractivity contribution in [3.8, 4) is 34.4 Å². The number of halogens is 2. The van der Waals surface area contributed by atoms with Crippen molar-refractivity contribution in [1.82, 2.24) is 30.2 Å². The number of likely N-dealkylation sites (N-methyl/N-ethyl adjacent to an activating group) is 1. The first-order valence-corrected chi connectivity index (χ1v) is 21.9. The summed E-state index contributed by atoms with van der Waals surface area (Å²) in [6.07, 6.45) is 5.04. The van der Waals surface area contributed by atoms with Crippen molar-refractivity contribution in [3.63, 3.8) is 0 Å². The number of hydrogen-bond donors (Lipinski definition) is 3. The Morgan fingerprint density at radius 3 is 2.33 bits per heavy atom. The van der Waals surface area contributed by atoms with Gasteiger partial charge in [-0.3, -0.25) is 32.9 Å². The van der Waals surface area contributed by atoms with Crippen molar-refractivity contribution >= 4 is 37.7 Å². The summed E-state index contributed by atoms with van der Waals surface area (Å²) in [5.41, 5.74) is 6.68. The Bertz CT molecular complexity index is 2590. The molecule has 0 fully saturated rings. The van der Waals surface area contributed by atoms with Gasteiger partial charge >= 0.3 is 0 Å². The molecule has 0 aliphatic rings. The van der Waals surface area contributed by atoms with Crippen molar-refractivity contribution in [2.24, 2.45) is 0 Å². The topological polar surface area (TPSA) is 236 Å². The van der Waals surface area contributed by atoms with Crippen LogP contribution in [0.15, 0.2) is 73.2 Å². The van der Waals surface area contributed by atoms with Crippen molar-refractivity contribution in [2.75, 3.05) is 26.8 Å². The van der Waals surface area contributed by atoms with E-state index in [1.54, 1.807) is 42.3 Å². The summed E-state index contributed by atoms with van der Waals surface area (Å²) in [5, 5.41) is 19.8. The molecule has 21 heteroatoms. The van der Waals surface area contributed by atoms with Gasteiger partial charge in [0.05, 0.1) is 36.5 Å². The van der Waals surface area contributed by atoms with Gasteiger partial charge < -0.3 is 19.5 Å². The number of hydrogen-bond acceptors (Lipinski definition) is 13. The SMILES string of the molecule is Cc1c(COc2cc(OCc3cncc(C#N)c3)c(CN(C)CC(=O)NCC(S(=O)(=O)O)S(=O)(=O)O)cc2Cl)cccc1-c1cccc(OCc2cn(CCCF)nn2)c1C. The number of nitrogens with one attached hydrogen (secondary N) is 1. The minimum Gasteiger partial charge on any atom is -0.488 e. The molecule has 5 aromatic rings. The van der Waals surface area contributed by atoms with Crippen molar-refractivity contribution in [1.29, 1.82) is 5.26 Å². The van der Waals surface area contributed by atoms with E-state index >= 15 is 0 Å². The number of carbonyl (C=O) groups is 1. The molecule has 17 nitrogen and oxygen atoms in total. The number of alkyl halides is 1. The highest BCUT2D eigenvalue weighted by atomic mass is 35.5. The zero-order chi connectivity index (χ0) is 44.3. The van der Waals surface area contributed by atoms with Crippen molar-refractivity contribution in [3.05, 3.63) is 117 Å². The van der Waals surface area contributed by atoms with E-state index in [2.05, 4.69) is 20.6 Å². The molecule has 2 aromatic heterocycles. The van der Waals surface area contributed by atoms with Crippen LogP contribution in [-0.4, -0.2) is 88.1 Å². The van der Waals surface area contributed by atoms with Crippen LogP contribution in [0.5, 0.6) is 17.2 Å². The summed E-state index contributed by atoms with van der Waals surface area (Å²) in [6.45, 7) is 2.83. The second-order valence-electron chi connectivity index (χ2n) is 13.9. The Hall–Kier alpha value is -5.69. The van der Waals surface area contributed by atoms with Gasteiger partial charge in [0.25, 0.3) is 20.2 Å². The van der Waals surface area contributed by atoms with E-state index in [1.807, 2.05) is 56.3 Å². The van der Waals surface area contributed by atoms with Crippen LogP contribution < -0.4 is 19.5 Å². The highest BCUT2D eigenvalue weighted by Gasteiger charge is 2.36. The van der Waals surface area contributed by atoms with Crippen LogP contribution in [0.3, 0.4) is 0 Å². The molecule has 0 aliphatic carbocycles. The van der Waals surface area contributed by atoms with Gasteiger partial charge in [-0.25, -0.2) is 0 Å². The normalized spacial score (nSPS) is 11.7. The monoisotopic (exact) mass is 899 g/mol. The molecule has 0 bridgehead atoms. The summed E-state index contributed by atoms with van der Waals surface area (Å²) < 4.78 is 94.3.